The standard InChI is InChI=1S/C17H24N2O2/c1-13(2)17(21)16(15-7-5-4-6-8-15)19-11-9-18(10-12-19)14(3)20/h4-8,13,16H,9-12H2,1-3H3/t16-/m1/s1. The van der Waals surface area contributed by atoms with Gasteiger partial charge in [0.15, 0.2) is 5.78 Å². The molecule has 21 heavy (non-hydrogen) atoms. The normalized spacial score (nSPS) is 17.8. The minimum atomic E-state index is -0.194. The molecule has 4 heteroatoms. The Morgan fingerprint density at radius 2 is 1.57 bits per heavy atom. The summed E-state index contributed by atoms with van der Waals surface area (Å²) in [5, 5.41) is 0. The van der Waals surface area contributed by atoms with Gasteiger partial charge in [0.25, 0.3) is 0 Å². The van der Waals surface area contributed by atoms with Gasteiger partial charge in [0.05, 0.1) is 6.04 Å². The fourth-order valence-corrected chi connectivity index (χ4v) is 2.80. The Hall–Kier alpha value is -1.68. The van der Waals surface area contributed by atoms with Gasteiger partial charge in [-0.2, -0.15) is 0 Å². The van der Waals surface area contributed by atoms with Crippen molar-refractivity contribution in [3.05, 3.63) is 35.9 Å². The number of rotatable bonds is 4. The lowest BCUT2D eigenvalue weighted by Gasteiger charge is -2.39. The van der Waals surface area contributed by atoms with E-state index in [2.05, 4.69) is 4.90 Å². The third-order valence-electron chi connectivity index (χ3n) is 4.08. The highest BCUT2D eigenvalue weighted by atomic mass is 16.2. The average molecular weight is 288 g/mol. The minimum absolute atomic E-state index is 0.000966. The molecule has 0 aliphatic carbocycles. The Morgan fingerprint density at radius 1 is 1.00 bits per heavy atom. The molecule has 4 nitrogen and oxygen atoms in total. The van der Waals surface area contributed by atoms with Crippen molar-refractivity contribution >= 4 is 11.7 Å². The predicted molar refractivity (Wildman–Crippen MR) is 82.9 cm³/mol. The van der Waals surface area contributed by atoms with Crippen LogP contribution >= 0.6 is 0 Å². The molecule has 1 aromatic carbocycles. The molecule has 0 aromatic heterocycles. The van der Waals surface area contributed by atoms with E-state index < -0.39 is 0 Å². The van der Waals surface area contributed by atoms with Crippen molar-refractivity contribution in [1.29, 1.82) is 0 Å². The summed E-state index contributed by atoms with van der Waals surface area (Å²) in [5.41, 5.74) is 1.05. The van der Waals surface area contributed by atoms with Crippen LogP contribution in [0.15, 0.2) is 30.3 Å². The van der Waals surface area contributed by atoms with Gasteiger partial charge in [-0.05, 0) is 5.56 Å². The number of ketones is 1. The van der Waals surface area contributed by atoms with Crippen LogP contribution in [0.4, 0.5) is 0 Å². The quantitative estimate of drug-likeness (QED) is 0.852. The Labute approximate surface area is 126 Å². The molecule has 0 bridgehead atoms. The van der Waals surface area contributed by atoms with Crippen LogP contribution in [0.3, 0.4) is 0 Å². The molecule has 0 saturated carbocycles. The fourth-order valence-electron chi connectivity index (χ4n) is 2.80. The maximum Gasteiger partial charge on any atom is 0.219 e. The Kier molecular flexibility index (Phi) is 5.12. The van der Waals surface area contributed by atoms with Gasteiger partial charge in [0.1, 0.15) is 0 Å². The first-order valence-corrected chi connectivity index (χ1v) is 7.59. The van der Waals surface area contributed by atoms with E-state index in [-0.39, 0.29) is 23.7 Å². The lowest BCUT2D eigenvalue weighted by Crippen LogP contribution is -2.50. The number of benzene rings is 1. The van der Waals surface area contributed by atoms with Crippen LogP contribution in [0.25, 0.3) is 0 Å². The molecule has 2 rings (SSSR count). The van der Waals surface area contributed by atoms with Crippen molar-refractivity contribution < 1.29 is 9.59 Å². The molecule has 0 spiro atoms. The van der Waals surface area contributed by atoms with Gasteiger partial charge in [0, 0.05) is 39.0 Å². The van der Waals surface area contributed by atoms with Crippen LogP contribution < -0.4 is 0 Å². The number of nitrogens with zero attached hydrogens (tertiary/aromatic N) is 2. The summed E-state index contributed by atoms with van der Waals surface area (Å²) in [6, 6.07) is 9.75. The van der Waals surface area contributed by atoms with E-state index in [0.29, 0.717) is 13.1 Å². The zero-order valence-corrected chi connectivity index (χ0v) is 13.1. The van der Waals surface area contributed by atoms with Crippen molar-refractivity contribution in [2.75, 3.05) is 26.2 Å². The van der Waals surface area contributed by atoms with Gasteiger partial charge in [-0.1, -0.05) is 44.2 Å². The molecular formula is C17H24N2O2. The first-order chi connectivity index (χ1) is 10.0. The number of hydrogen-bond donors (Lipinski definition) is 0. The highest BCUT2D eigenvalue weighted by molar-refractivity contribution is 5.87. The van der Waals surface area contributed by atoms with Crippen LogP contribution in [0.5, 0.6) is 0 Å². The molecule has 1 fully saturated rings. The number of piperazine rings is 1. The topological polar surface area (TPSA) is 40.6 Å². The molecule has 1 aliphatic heterocycles. The number of hydrogen-bond acceptors (Lipinski definition) is 3. The third kappa shape index (κ3) is 3.70. The number of carbonyl (C=O) groups excluding carboxylic acids is 2. The lowest BCUT2D eigenvalue weighted by molar-refractivity contribution is -0.133. The molecule has 1 amide bonds. The maximum atomic E-state index is 12.6. The van der Waals surface area contributed by atoms with Crippen LogP contribution in [0.2, 0.25) is 0 Å². The smallest absolute Gasteiger partial charge is 0.219 e. The van der Waals surface area contributed by atoms with E-state index in [1.54, 1.807) is 6.92 Å². The summed E-state index contributed by atoms with van der Waals surface area (Å²) < 4.78 is 0. The van der Waals surface area contributed by atoms with Gasteiger partial charge in [0.2, 0.25) is 5.91 Å². The second-order valence-corrected chi connectivity index (χ2v) is 5.91. The van der Waals surface area contributed by atoms with Crippen molar-refractivity contribution in [2.45, 2.75) is 26.8 Å². The molecule has 1 aliphatic rings. The van der Waals surface area contributed by atoms with E-state index in [1.807, 2.05) is 49.1 Å². The van der Waals surface area contributed by atoms with Crippen LogP contribution in [-0.2, 0) is 9.59 Å². The van der Waals surface area contributed by atoms with E-state index in [4.69, 9.17) is 0 Å². The van der Waals surface area contributed by atoms with E-state index >= 15 is 0 Å². The van der Waals surface area contributed by atoms with Crippen molar-refractivity contribution in [1.82, 2.24) is 9.80 Å². The Bertz CT molecular complexity index is 491. The maximum absolute atomic E-state index is 12.6. The van der Waals surface area contributed by atoms with Gasteiger partial charge < -0.3 is 4.90 Å². The van der Waals surface area contributed by atoms with Gasteiger partial charge >= 0.3 is 0 Å². The van der Waals surface area contributed by atoms with E-state index in [9.17, 15) is 9.59 Å². The van der Waals surface area contributed by atoms with Crippen LogP contribution in [0, 0.1) is 5.92 Å². The molecule has 0 N–H and O–H groups in total. The molecule has 1 atom stereocenters. The average Bonchev–Trinajstić information content (AvgIpc) is 2.49. The van der Waals surface area contributed by atoms with Gasteiger partial charge in [-0.15, -0.1) is 0 Å². The van der Waals surface area contributed by atoms with Gasteiger partial charge in [-0.3, -0.25) is 14.5 Å². The summed E-state index contributed by atoms with van der Waals surface area (Å²) in [6.07, 6.45) is 0. The monoisotopic (exact) mass is 288 g/mol. The highest BCUT2D eigenvalue weighted by Gasteiger charge is 2.31. The second kappa shape index (κ2) is 6.85. The van der Waals surface area contributed by atoms with E-state index in [1.165, 1.54) is 0 Å². The number of carbonyl (C=O) groups is 2. The Morgan fingerprint density at radius 3 is 2.05 bits per heavy atom. The Balaban J connectivity index is 2.18. The summed E-state index contributed by atoms with van der Waals surface area (Å²) >= 11 is 0. The molecular weight excluding hydrogens is 264 g/mol. The van der Waals surface area contributed by atoms with Crippen molar-refractivity contribution in [3.63, 3.8) is 0 Å². The lowest BCUT2D eigenvalue weighted by atomic mass is 9.93. The minimum Gasteiger partial charge on any atom is -0.340 e. The fraction of sp³-hybridized carbons (Fsp3) is 0.529. The van der Waals surface area contributed by atoms with Crippen molar-refractivity contribution in [3.8, 4) is 0 Å². The highest BCUT2D eigenvalue weighted by Crippen LogP contribution is 2.26. The molecule has 1 heterocycles. The summed E-state index contributed by atoms with van der Waals surface area (Å²) in [5.74, 6) is 0.361. The summed E-state index contributed by atoms with van der Waals surface area (Å²) in [6.45, 7) is 8.39. The van der Waals surface area contributed by atoms with E-state index in [0.717, 1.165) is 18.7 Å². The second-order valence-electron chi connectivity index (χ2n) is 5.91. The van der Waals surface area contributed by atoms with Crippen LogP contribution in [-0.4, -0.2) is 47.7 Å². The summed E-state index contributed by atoms with van der Waals surface area (Å²) in [7, 11) is 0. The van der Waals surface area contributed by atoms with Gasteiger partial charge in [-0.25, -0.2) is 0 Å². The molecule has 0 unspecified atom stereocenters. The zero-order chi connectivity index (χ0) is 15.4. The number of Topliss-reactive ketones (excluding diaryl/α,β-unsaturated/α-hetero) is 1. The first-order valence-electron chi connectivity index (χ1n) is 7.59. The molecule has 0 radical (unpaired) electrons. The SMILES string of the molecule is CC(=O)N1CCN([C@@H](C(=O)C(C)C)c2ccccc2)CC1. The molecule has 1 aromatic rings. The van der Waals surface area contributed by atoms with Crippen molar-refractivity contribution in [2.24, 2.45) is 5.92 Å². The van der Waals surface area contributed by atoms with Crippen LogP contribution in [0.1, 0.15) is 32.4 Å². The summed E-state index contributed by atoms with van der Waals surface area (Å²) in [4.78, 5) is 28.1. The first kappa shape index (κ1) is 15.7. The third-order valence-corrected chi connectivity index (χ3v) is 4.08. The largest absolute Gasteiger partial charge is 0.340 e. The molecule has 1 saturated heterocycles. The number of amides is 1. The molecule has 114 valence electrons. The predicted octanol–water partition coefficient (Wildman–Crippen LogP) is 2.12. The zero-order valence-electron chi connectivity index (χ0n) is 13.1.